The van der Waals surface area contributed by atoms with Crippen molar-refractivity contribution in [1.29, 1.82) is 0 Å². The van der Waals surface area contributed by atoms with E-state index in [1.807, 2.05) is 6.92 Å². The molecule has 0 spiro atoms. The number of nitrogens with two attached hydrogens (primary N) is 1. The van der Waals surface area contributed by atoms with E-state index in [1.165, 1.54) is 12.1 Å². The Morgan fingerprint density at radius 2 is 2.03 bits per heavy atom. The van der Waals surface area contributed by atoms with E-state index in [2.05, 4.69) is 10.1 Å². The Morgan fingerprint density at radius 1 is 1.24 bits per heavy atom. The molecule has 2 amide bonds. The van der Waals surface area contributed by atoms with Gasteiger partial charge in [0.2, 0.25) is 0 Å². The zero-order valence-electron chi connectivity index (χ0n) is 16.4. The molecule has 1 saturated heterocycles. The highest BCUT2D eigenvalue weighted by molar-refractivity contribution is 5.98. The van der Waals surface area contributed by atoms with E-state index >= 15 is 0 Å². The van der Waals surface area contributed by atoms with Gasteiger partial charge in [0.25, 0.3) is 11.8 Å². The van der Waals surface area contributed by atoms with Gasteiger partial charge in [0.15, 0.2) is 0 Å². The molecule has 1 aromatic carbocycles. The molecule has 7 nitrogen and oxygen atoms in total. The summed E-state index contributed by atoms with van der Waals surface area (Å²) >= 11 is 0. The van der Waals surface area contributed by atoms with E-state index in [4.69, 9.17) is 5.73 Å². The van der Waals surface area contributed by atoms with Gasteiger partial charge < -0.3 is 10.6 Å². The number of piperidine rings is 1. The predicted octanol–water partition coefficient (Wildman–Crippen LogP) is 2.53. The maximum absolute atomic E-state index is 13.6. The van der Waals surface area contributed by atoms with Gasteiger partial charge in [-0.05, 0) is 44.0 Å². The second-order valence-corrected chi connectivity index (χ2v) is 7.51. The molecule has 1 unspecified atom stereocenters. The Morgan fingerprint density at radius 3 is 2.72 bits per heavy atom. The van der Waals surface area contributed by atoms with Crippen molar-refractivity contribution < 1.29 is 14.0 Å². The average molecular weight is 395 g/mol. The number of nitrogens with zero attached hydrogens (tertiary/aromatic N) is 4. The summed E-state index contributed by atoms with van der Waals surface area (Å²) in [5, 5.41) is 4.77. The van der Waals surface area contributed by atoms with Gasteiger partial charge in [-0.25, -0.2) is 4.39 Å². The number of rotatable bonds is 3. The summed E-state index contributed by atoms with van der Waals surface area (Å²) in [7, 11) is 1.78. The summed E-state index contributed by atoms with van der Waals surface area (Å²) in [5.74, 6) is -1.21. The molecule has 0 radical (unpaired) electrons. The average Bonchev–Trinajstić information content (AvgIpc) is 3.04. The standard InChI is InChI=1S/C21H22FN5O2/c1-12-17(11-26(2)25-12)21(29)27-7-3-4-13(10-27)19-16(20(23)28)9-14-8-15(22)5-6-18(14)24-19/h5-6,8-9,11,13H,3-4,7,10H2,1-2H3,(H2,23,28). The Bertz CT molecular complexity index is 1120. The number of amides is 2. The van der Waals surface area contributed by atoms with Crippen LogP contribution in [0.1, 0.15) is 50.9 Å². The van der Waals surface area contributed by atoms with E-state index in [9.17, 15) is 14.0 Å². The first-order chi connectivity index (χ1) is 13.8. The molecule has 8 heteroatoms. The molecule has 150 valence electrons. The summed E-state index contributed by atoms with van der Waals surface area (Å²) < 4.78 is 15.2. The topological polar surface area (TPSA) is 94.1 Å². The van der Waals surface area contributed by atoms with E-state index < -0.39 is 11.7 Å². The third-order valence-electron chi connectivity index (χ3n) is 5.41. The number of halogens is 1. The van der Waals surface area contributed by atoms with Gasteiger partial charge in [-0.2, -0.15) is 5.10 Å². The van der Waals surface area contributed by atoms with Crippen LogP contribution in [0.5, 0.6) is 0 Å². The van der Waals surface area contributed by atoms with Crippen LogP contribution in [0.3, 0.4) is 0 Å². The first-order valence-electron chi connectivity index (χ1n) is 9.53. The quantitative estimate of drug-likeness (QED) is 0.737. The number of fused-ring (bicyclic) bond motifs is 1. The van der Waals surface area contributed by atoms with Crippen molar-refractivity contribution in [3.05, 3.63) is 58.8 Å². The molecule has 4 rings (SSSR count). The molecule has 2 N–H and O–H groups in total. The largest absolute Gasteiger partial charge is 0.366 e. The van der Waals surface area contributed by atoms with Crippen LogP contribution in [-0.4, -0.2) is 44.6 Å². The zero-order valence-corrected chi connectivity index (χ0v) is 16.4. The smallest absolute Gasteiger partial charge is 0.257 e. The fraction of sp³-hybridized carbons (Fsp3) is 0.333. The van der Waals surface area contributed by atoms with Crippen LogP contribution in [0.2, 0.25) is 0 Å². The second-order valence-electron chi connectivity index (χ2n) is 7.51. The van der Waals surface area contributed by atoms with Crippen LogP contribution >= 0.6 is 0 Å². The number of carbonyl (C=O) groups is 2. The lowest BCUT2D eigenvalue weighted by Crippen LogP contribution is -2.40. The fourth-order valence-corrected chi connectivity index (χ4v) is 4.04. The third-order valence-corrected chi connectivity index (χ3v) is 5.41. The Kier molecular flexibility index (Phi) is 4.77. The van der Waals surface area contributed by atoms with Gasteiger partial charge in [0.05, 0.1) is 28.0 Å². The number of aryl methyl sites for hydroxylation is 2. The third kappa shape index (κ3) is 3.57. The molecule has 2 aromatic heterocycles. The van der Waals surface area contributed by atoms with Crippen molar-refractivity contribution in [3.63, 3.8) is 0 Å². The van der Waals surface area contributed by atoms with Crippen LogP contribution in [0, 0.1) is 12.7 Å². The monoisotopic (exact) mass is 395 g/mol. The van der Waals surface area contributed by atoms with Crippen molar-refractivity contribution in [2.75, 3.05) is 13.1 Å². The van der Waals surface area contributed by atoms with Gasteiger partial charge in [0.1, 0.15) is 5.82 Å². The van der Waals surface area contributed by atoms with Crippen molar-refractivity contribution in [2.24, 2.45) is 12.8 Å². The molecule has 1 aliphatic rings. The highest BCUT2D eigenvalue weighted by Crippen LogP contribution is 2.31. The highest BCUT2D eigenvalue weighted by Gasteiger charge is 2.30. The van der Waals surface area contributed by atoms with E-state index in [0.717, 1.165) is 12.8 Å². The lowest BCUT2D eigenvalue weighted by molar-refractivity contribution is 0.0705. The number of hydrogen-bond acceptors (Lipinski definition) is 4. The first kappa shape index (κ1) is 19.0. The minimum atomic E-state index is -0.606. The normalized spacial score (nSPS) is 16.9. The minimum Gasteiger partial charge on any atom is -0.366 e. The SMILES string of the molecule is Cc1nn(C)cc1C(=O)N1CCCC(c2nc3ccc(F)cc3cc2C(N)=O)C1. The molecule has 3 heterocycles. The molecule has 29 heavy (non-hydrogen) atoms. The van der Waals surface area contributed by atoms with E-state index in [0.29, 0.717) is 40.9 Å². The van der Waals surface area contributed by atoms with Gasteiger partial charge in [-0.1, -0.05) is 0 Å². The van der Waals surface area contributed by atoms with Crippen LogP contribution in [0.15, 0.2) is 30.5 Å². The number of likely N-dealkylation sites (tertiary alicyclic amines) is 1. The second kappa shape index (κ2) is 7.27. The number of carbonyl (C=O) groups excluding carboxylic acids is 2. The molecule has 3 aromatic rings. The van der Waals surface area contributed by atoms with Crippen LogP contribution in [-0.2, 0) is 7.05 Å². The summed E-state index contributed by atoms with van der Waals surface area (Å²) in [6.07, 6.45) is 3.30. The summed E-state index contributed by atoms with van der Waals surface area (Å²) in [6, 6.07) is 5.85. The Hall–Kier alpha value is -3.29. The maximum atomic E-state index is 13.6. The van der Waals surface area contributed by atoms with Gasteiger partial charge >= 0.3 is 0 Å². The Labute approximate surface area is 167 Å². The molecule has 1 fully saturated rings. The number of benzene rings is 1. The van der Waals surface area contributed by atoms with Gasteiger partial charge in [0, 0.05) is 37.6 Å². The number of pyridine rings is 1. The molecule has 0 saturated carbocycles. The highest BCUT2D eigenvalue weighted by atomic mass is 19.1. The molecule has 0 bridgehead atoms. The molecule has 1 aliphatic heterocycles. The van der Waals surface area contributed by atoms with Crippen LogP contribution in [0.4, 0.5) is 4.39 Å². The number of aromatic nitrogens is 3. The molecule has 1 atom stereocenters. The van der Waals surface area contributed by atoms with Crippen molar-refractivity contribution in [3.8, 4) is 0 Å². The summed E-state index contributed by atoms with van der Waals surface area (Å²) in [4.78, 5) is 31.5. The van der Waals surface area contributed by atoms with Crippen molar-refractivity contribution in [2.45, 2.75) is 25.7 Å². The molecule has 0 aliphatic carbocycles. The maximum Gasteiger partial charge on any atom is 0.257 e. The van der Waals surface area contributed by atoms with E-state index in [-0.39, 0.29) is 17.4 Å². The summed E-state index contributed by atoms with van der Waals surface area (Å²) in [6.45, 7) is 2.88. The number of primary amides is 1. The van der Waals surface area contributed by atoms with Crippen molar-refractivity contribution >= 4 is 22.7 Å². The fourth-order valence-electron chi connectivity index (χ4n) is 4.04. The lowest BCUT2D eigenvalue weighted by Gasteiger charge is -2.33. The van der Waals surface area contributed by atoms with E-state index in [1.54, 1.807) is 35.0 Å². The lowest BCUT2D eigenvalue weighted by atomic mass is 9.90. The van der Waals surface area contributed by atoms with Crippen LogP contribution in [0.25, 0.3) is 10.9 Å². The molecular weight excluding hydrogens is 373 g/mol. The first-order valence-corrected chi connectivity index (χ1v) is 9.53. The van der Waals surface area contributed by atoms with Crippen LogP contribution < -0.4 is 5.73 Å². The van der Waals surface area contributed by atoms with Gasteiger partial charge in [-0.3, -0.25) is 19.3 Å². The predicted molar refractivity (Wildman–Crippen MR) is 106 cm³/mol. The summed E-state index contributed by atoms with van der Waals surface area (Å²) in [5.41, 5.74) is 8.29. The molecular formula is C21H22FN5O2. The minimum absolute atomic E-state index is 0.0798. The Balaban J connectivity index is 1.69. The zero-order chi connectivity index (χ0) is 20.7. The number of hydrogen-bond donors (Lipinski definition) is 1. The van der Waals surface area contributed by atoms with Gasteiger partial charge in [-0.15, -0.1) is 0 Å². The van der Waals surface area contributed by atoms with Crippen molar-refractivity contribution in [1.82, 2.24) is 19.7 Å².